The lowest BCUT2D eigenvalue weighted by Crippen LogP contribution is -2.54. The number of oxime groups is 1. The zero-order valence-electron chi connectivity index (χ0n) is 12.9. The monoisotopic (exact) mass is 291 g/mol. The second-order valence-electron chi connectivity index (χ2n) is 5.51. The van der Waals surface area contributed by atoms with Crippen LogP contribution in [0.4, 0.5) is 5.69 Å². The van der Waals surface area contributed by atoms with Crippen molar-refractivity contribution in [2.75, 3.05) is 31.1 Å². The summed E-state index contributed by atoms with van der Waals surface area (Å²) in [6.45, 7) is 7.86. The number of rotatable bonds is 5. The van der Waals surface area contributed by atoms with Crippen molar-refractivity contribution >= 4 is 11.5 Å². The maximum absolute atomic E-state index is 8.94. The molecule has 0 radical (unpaired) electrons. The van der Waals surface area contributed by atoms with Crippen LogP contribution in [0.1, 0.15) is 25.5 Å². The number of hydrogen-bond acceptors (Lipinski definition) is 5. The zero-order chi connectivity index (χ0) is 15.2. The molecule has 1 aliphatic heterocycles. The van der Waals surface area contributed by atoms with Crippen molar-refractivity contribution in [2.24, 2.45) is 10.9 Å². The lowest BCUT2D eigenvalue weighted by molar-refractivity contribution is 0.211. The van der Waals surface area contributed by atoms with Gasteiger partial charge in [-0.05, 0) is 25.5 Å². The van der Waals surface area contributed by atoms with Gasteiger partial charge in [0, 0.05) is 43.8 Å². The first-order valence-electron chi connectivity index (χ1n) is 7.54. The third-order valence-corrected chi connectivity index (χ3v) is 4.02. The summed E-state index contributed by atoms with van der Waals surface area (Å²) < 4.78 is 0. The highest BCUT2D eigenvalue weighted by molar-refractivity contribution is 5.85. The molecule has 2 heterocycles. The van der Waals surface area contributed by atoms with Gasteiger partial charge < -0.3 is 15.8 Å². The molecule has 0 aliphatic carbocycles. The molecule has 0 aromatic carbocycles. The maximum atomic E-state index is 8.94. The molecule has 3 N–H and O–H groups in total. The molecule has 0 bridgehead atoms. The smallest absolute Gasteiger partial charge is 0.156 e. The van der Waals surface area contributed by atoms with Crippen molar-refractivity contribution in [1.82, 2.24) is 9.88 Å². The first-order valence-corrected chi connectivity index (χ1v) is 7.54. The number of anilines is 1. The molecule has 1 fully saturated rings. The molecule has 21 heavy (non-hydrogen) atoms. The minimum Gasteiger partial charge on any atom is -0.409 e. The molecule has 6 nitrogen and oxygen atoms in total. The summed E-state index contributed by atoms with van der Waals surface area (Å²) >= 11 is 0. The second kappa shape index (κ2) is 7.26. The van der Waals surface area contributed by atoms with Crippen LogP contribution in [0.15, 0.2) is 23.5 Å². The van der Waals surface area contributed by atoms with Crippen LogP contribution in [0, 0.1) is 6.92 Å². The number of piperazine rings is 1. The number of nitrogens with two attached hydrogens (primary N) is 1. The van der Waals surface area contributed by atoms with Gasteiger partial charge in [0.25, 0.3) is 0 Å². The highest BCUT2D eigenvalue weighted by Gasteiger charge is 2.26. The van der Waals surface area contributed by atoms with E-state index in [9.17, 15) is 0 Å². The van der Waals surface area contributed by atoms with Gasteiger partial charge >= 0.3 is 0 Å². The standard InChI is InChI=1S/C15H25N5O/c1-3-4-14(15(16)18-21)20-9-7-19(8-10-20)13-5-6-17-12(2)11-13/h5-6,11,14,21H,3-4,7-10H2,1-2H3,(H2,16,18). The molecular formula is C15H25N5O. The van der Waals surface area contributed by atoms with Crippen LogP contribution in [0.2, 0.25) is 0 Å². The molecule has 0 amide bonds. The third kappa shape index (κ3) is 3.85. The van der Waals surface area contributed by atoms with Gasteiger partial charge in [0.1, 0.15) is 0 Å². The largest absolute Gasteiger partial charge is 0.409 e. The lowest BCUT2D eigenvalue weighted by Gasteiger charge is -2.39. The van der Waals surface area contributed by atoms with Crippen molar-refractivity contribution in [2.45, 2.75) is 32.7 Å². The fourth-order valence-corrected chi connectivity index (χ4v) is 2.88. The van der Waals surface area contributed by atoms with E-state index in [1.807, 2.05) is 13.1 Å². The first-order chi connectivity index (χ1) is 10.2. The van der Waals surface area contributed by atoms with Gasteiger partial charge in [-0.3, -0.25) is 9.88 Å². The van der Waals surface area contributed by atoms with Gasteiger partial charge in [0.2, 0.25) is 0 Å². The maximum Gasteiger partial charge on any atom is 0.156 e. The number of hydrogen-bond donors (Lipinski definition) is 2. The Morgan fingerprint density at radius 1 is 1.43 bits per heavy atom. The Labute approximate surface area is 126 Å². The van der Waals surface area contributed by atoms with Crippen molar-refractivity contribution in [3.05, 3.63) is 24.0 Å². The van der Waals surface area contributed by atoms with Crippen LogP contribution in [-0.2, 0) is 0 Å². The Hall–Kier alpha value is -1.82. The molecule has 2 rings (SSSR count). The minimum absolute atomic E-state index is 0.0429. The van der Waals surface area contributed by atoms with Crippen molar-refractivity contribution < 1.29 is 5.21 Å². The summed E-state index contributed by atoms with van der Waals surface area (Å²) in [5.41, 5.74) is 8.09. The van der Waals surface area contributed by atoms with Gasteiger partial charge in [-0.2, -0.15) is 0 Å². The number of aromatic nitrogens is 1. The average Bonchev–Trinajstić information content (AvgIpc) is 2.52. The predicted octanol–water partition coefficient (Wildman–Crippen LogP) is 1.43. The molecule has 0 spiro atoms. The molecule has 1 aromatic heterocycles. The van der Waals surface area contributed by atoms with E-state index in [0.717, 1.165) is 44.7 Å². The van der Waals surface area contributed by atoms with Crippen LogP contribution in [0.5, 0.6) is 0 Å². The Bertz CT molecular complexity index is 483. The fraction of sp³-hybridized carbons (Fsp3) is 0.600. The summed E-state index contributed by atoms with van der Waals surface area (Å²) in [5.74, 6) is 0.324. The van der Waals surface area contributed by atoms with Gasteiger partial charge in [-0.1, -0.05) is 18.5 Å². The van der Waals surface area contributed by atoms with Crippen LogP contribution < -0.4 is 10.6 Å². The van der Waals surface area contributed by atoms with Crippen molar-refractivity contribution in [3.63, 3.8) is 0 Å². The quantitative estimate of drug-likeness (QED) is 0.371. The molecular weight excluding hydrogens is 266 g/mol. The molecule has 1 saturated heterocycles. The van der Waals surface area contributed by atoms with E-state index < -0.39 is 0 Å². The van der Waals surface area contributed by atoms with Gasteiger partial charge in [0.15, 0.2) is 5.84 Å². The highest BCUT2D eigenvalue weighted by atomic mass is 16.4. The molecule has 1 unspecified atom stereocenters. The molecule has 116 valence electrons. The topological polar surface area (TPSA) is 78.0 Å². The first kappa shape index (κ1) is 15.6. The Morgan fingerprint density at radius 2 is 2.14 bits per heavy atom. The van der Waals surface area contributed by atoms with E-state index >= 15 is 0 Å². The normalized spacial score (nSPS) is 18.8. The van der Waals surface area contributed by atoms with Gasteiger partial charge in [0.05, 0.1) is 6.04 Å². The lowest BCUT2D eigenvalue weighted by atomic mass is 10.1. The molecule has 6 heteroatoms. The number of nitrogens with zero attached hydrogens (tertiary/aromatic N) is 4. The summed E-state index contributed by atoms with van der Waals surface area (Å²) in [6.07, 6.45) is 3.79. The van der Waals surface area contributed by atoms with E-state index in [2.05, 4.69) is 39.0 Å². The number of amidine groups is 1. The molecule has 0 saturated carbocycles. The number of aryl methyl sites for hydroxylation is 1. The van der Waals surface area contributed by atoms with Gasteiger partial charge in [-0.15, -0.1) is 0 Å². The van der Waals surface area contributed by atoms with Crippen LogP contribution in [0.3, 0.4) is 0 Å². The van der Waals surface area contributed by atoms with Crippen LogP contribution >= 0.6 is 0 Å². The number of pyridine rings is 1. The van der Waals surface area contributed by atoms with Crippen LogP contribution in [-0.4, -0.2) is 53.1 Å². The average molecular weight is 291 g/mol. The zero-order valence-corrected chi connectivity index (χ0v) is 12.9. The summed E-state index contributed by atoms with van der Waals surface area (Å²) in [4.78, 5) is 8.91. The highest BCUT2D eigenvalue weighted by Crippen LogP contribution is 2.18. The van der Waals surface area contributed by atoms with Gasteiger partial charge in [-0.25, -0.2) is 0 Å². The van der Waals surface area contributed by atoms with E-state index in [1.165, 1.54) is 5.69 Å². The summed E-state index contributed by atoms with van der Waals surface area (Å²) in [6, 6.07) is 4.21. The third-order valence-electron chi connectivity index (χ3n) is 4.02. The SMILES string of the molecule is CCCC(/C(N)=N/O)N1CCN(c2ccnc(C)c2)CC1. The Morgan fingerprint density at radius 3 is 2.71 bits per heavy atom. The molecule has 1 aliphatic rings. The molecule has 1 aromatic rings. The van der Waals surface area contributed by atoms with Crippen molar-refractivity contribution in [3.8, 4) is 0 Å². The van der Waals surface area contributed by atoms with E-state index in [0.29, 0.717) is 5.84 Å². The summed E-state index contributed by atoms with van der Waals surface area (Å²) in [5, 5.41) is 12.1. The minimum atomic E-state index is 0.0429. The van der Waals surface area contributed by atoms with E-state index in [4.69, 9.17) is 10.9 Å². The van der Waals surface area contributed by atoms with Crippen LogP contribution in [0.25, 0.3) is 0 Å². The Kier molecular flexibility index (Phi) is 5.38. The summed E-state index contributed by atoms with van der Waals surface area (Å²) in [7, 11) is 0. The van der Waals surface area contributed by atoms with Crippen molar-refractivity contribution in [1.29, 1.82) is 0 Å². The van der Waals surface area contributed by atoms with E-state index in [-0.39, 0.29) is 6.04 Å². The predicted molar refractivity (Wildman–Crippen MR) is 84.9 cm³/mol. The second-order valence-corrected chi connectivity index (χ2v) is 5.51. The molecule has 1 atom stereocenters. The Balaban J connectivity index is 1.98. The fourth-order valence-electron chi connectivity index (χ4n) is 2.88. The van der Waals surface area contributed by atoms with E-state index in [1.54, 1.807) is 0 Å².